The Hall–Kier alpha value is -3.73. The van der Waals surface area contributed by atoms with Crippen LogP contribution in [0.1, 0.15) is 11.4 Å². The van der Waals surface area contributed by atoms with Crippen LogP contribution >= 0.6 is 0 Å². The van der Waals surface area contributed by atoms with Crippen molar-refractivity contribution in [2.45, 2.75) is 6.54 Å². The van der Waals surface area contributed by atoms with Gasteiger partial charge in [0.1, 0.15) is 5.82 Å². The summed E-state index contributed by atoms with van der Waals surface area (Å²) in [5, 5.41) is 2.76. The molecule has 0 radical (unpaired) electrons. The maximum absolute atomic E-state index is 12.5. The minimum Gasteiger partial charge on any atom is -0.335 e. The van der Waals surface area contributed by atoms with Crippen molar-refractivity contribution in [1.82, 2.24) is 14.9 Å². The zero-order valence-electron chi connectivity index (χ0n) is 15.4. The summed E-state index contributed by atoms with van der Waals surface area (Å²) in [4.78, 5) is 33.4. The average molecular weight is 369 g/mol. The van der Waals surface area contributed by atoms with Crippen molar-refractivity contribution in [3.63, 3.8) is 0 Å². The van der Waals surface area contributed by atoms with E-state index in [1.54, 1.807) is 31.3 Å². The molecule has 0 unspecified atom stereocenters. The van der Waals surface area contributed by atoms with E-state index in [0.29, 0.717) is 16.7 Å². The van der Waals surface area contributed by atoms with Gasteiger partial charge in [0, 0.05) is 13.1 Å². The SMILES string of the molecule is CN(Cc1nc2ccccc2c(=O)[nH]1)C(=O)C=Cc1cccc2ccccc12. The van der Waals surface area contributed by atoms with Crippen LogP contribution < -0.4 is 5.56 Å². The van der Waals surface area contributed by atoms with Crippen LogP contribution in [0, 0.1) is 0 Å². The molecule has 1 N–H and O–H groups in total. The van der Waals surface area contributed by atoms with Gasteiger partial charge in [-0.25, -0.2) is 4.98 Å². The lowest BCUT2D eigenvalue weighted by Gasteiger charge is -2.14. The number of hydrogen-bond acceptors (Lipinski definition) is 3. The van der Waals surface area contributed by atoms with Gasteiger partial charge in [0.15, 0.2) is 0 Å². The molecular weight excluding hydrogens is 350 g/mol. The Morgan fingerprint density at radius 1 is 1.00 bits per heavy atom. The first-order valence-corrected chi connectivity index (χ1v) is 9.01. The number of carbonyl (C=O) groups is 1. The number of fused-ring (bicyclic) bond motifs is 2. The molecule has 0 bridgehead atoms. The van der Waals surface area contributed by atoms with Gasteiger partial charge in [0.05, 0.1) is 17.4 Å². The van der Waals surface area contributed by atoms with Crippen LogP contribution in [0.4, 0.5) is 0 Å². The molecule has 4 rings (SSSR count). The van der Waals surface area contributed by atoms with E-state index < -0.39 is 0 Å². The van der Waals surface area contributed by atoms with Gasteiger partial charge in [-0.05, 0) is 34.5 Å². The second-order valence-corrected chi connectivity index (χ2v) is 6.63. The third kappa shape index (κ3) is 3.55. The summed E-state index contributed by atoms with van der Waals surface area (Å²) in [6.07, 6.45) is 3.36. The number of hydrogen-bond donors (Lipinski definition) is 1. The Kier molecular flexibility index (Phi) is 4.72. The molecule has 5 heteroatoms. The standard InChI is InChI=1S/C23H19N3O2/c1-26(15-21-24-20-12-5-4-11-19(20)23(28)25-21)22(27)14-13-17-9-6-8-16-7-2-3-10-18(16)17/h2-14H,15H2,1H3,(H,24,25,28). The van der Waals surface area contributed by atoms with Gasteiger partial charge < -0.3 is 9.88 Å². The number of nitrogens with zero attached hydrogens (tertiary/aromatic N) is 2. The highest BCUT2D eigenvalue weighted by molar-refractivity contribution is 5.96. The molecular formula is C23H19N3O2. The van der Waals surface area contributed by atoms with Gasteiger partial charge in [-0.2, -0.15) is 0 Å². The maximum atomic E-state index is 12.5. The second-order valence-electron chi connectivity index (χ2n) is 6.63. The van der Waals surface area contributed by atoms with Crippen molar-refractivity contribution in [3.8, 4) is 0 Å². The van der Waals surface area contributed by atoms with E-state index in [1.165, 1.54) is 4.90 Å². The molecule has 1 amide bonds. The van der Waals surface area contributed by atoms with E-state index in [9.17, 15) is 9.59 Å². The summed E-state index contributed by atoms with van der Waals surface area (Å²) >= 11 is 0. The highest BCUT2D eigenvalue weighted by Gasteiger charge is 2.10. The molecule has 0 spiro atoms. The number of likely N-dealkylation sites (N-methyl/N-ethyl adjacent to an activating group) is 1. The summed E-state index contributed by atoms with van der Waals surface area (Å²) in [6, 6.07) is 21.2. The van der Waals surface area contributed by atoms with E-state index in [-0.39, 0.29) is 18.0 Å². The molecule has 0 fully saturated rings. The van der Waals surface area contributed by atoms with Crippen molar-refractivity contribution in [1.29, 1.82) is 0 Å². The lowest BCUT2D eigenvalue weighted by molar-refractivity contribution is -0.125. The first kappa shape index (κ1) is 17.7. The van der Waals surface area contributed by atoms with E-state index in [1.807, 2.05) is 54.6 Å². The molecule has 4 aromatic rings. The third-order valence-corrected chi connectivity index (χ3v) is 4.65. The lowest BCUT2D eigenvalue weighted by atomic mass is 10.0. The molecule has 28 heavy (non-hydrogen) atoms. The number of aromatic amines is 1. The van der Waals surface area contributed by atoms with Gasteiger partial charge in [-0.15, -0.1) is 0 Å². The van der Waals surface area contributed by atoms with Crippen LogP contribution in [-0.2, 0) is 11.3 Å². The van der Waals surface area contributed by atoms with Crippen LogP contribution in [0.5, 0.6) is 0 Å². The largest absolute Gasteiger partial charge is 0.335 e. The molecule has 0 aliphatic carbocycles. The molecule has 0 aliphatic heterocycles. The molecule has 3 aromatic carbocycles. The first-order valence-electron chi connectivity index (χ1n) is 9.01. The highest BCUT2D eigenvalue weighted by Crippen LogP contribution is 2.19. The topological polar surface area (TPSA) is 66.1 Å². The number of benzene rings is 3. The summed E-state index contributed by atoms with van der Waals surface area (Å²) in [6.45, 7) is 0.221. The minimum atomic E-state index is -0.201. The van der Waals surface area contributed by atoms with E-state index in [0.717, 1.165) is 16.3 Å². The van der Waals surface area contributed by atoms with Crippen molar-refractivity contribution in [3.05, 3.63) is 94.5 Å². The summed E-state index contributed by atoms with van der Waals surface area (Å²) in [7, 11) is 1.69. The van der Waals surface area contributed by atoms with Crippen LogP contribution in [0.15, 0.2) is 77.6 Å². The molecule has 1 aromatic heterocycles. The van der Waals surface area contributed by atoms with Gasteiger partial charge in [-0.1, -0.05) is 54.6 Å². The molecule has 0 saturated carbocycles. The number of aromatic nitrogens is 2. The van der Waals surface area contributed by atoms with Gasteiger partial charge in [0.2, 0.25) is 5.91 Å². The third-order valence-electron chi connectivity index (χ3n) is 4.65. The number of carbonyl (C=O) groups excluding carboxylic acids is 1. The fourth-order valence-electron chi connectivity index (χ4n) is 3.20. The van der Waals surface area contributed by atoms with Crippen molar-refractivity contribution in [2.24, 2.45) is 0 Å². The quantitative estimate of drug-likeness (QED) is 0.557. The van der Waals surface area contributed by atoms with Gasteiger partial charge in [0.25, 0.3) is 5.56 Å². The summed E-state index contributed by atoms with van der Waals surface area (Å²) in [5.41, 5.74) is 1.40. The molecule has 0 saturated heterocycles. The van der Waals surface area contributed by atoms with Crippen molar-refractivity contribution in [2.75, 3.05) is 7.05 Å². The second kappa shape index (κ2) is 7.48. The van der Waals surface area contributed by atoms with E-state index in [2.05, 4.69) is 9.97 Å². The molecule has 0 aliphatic rings. The summed E-state index contributed by atoms with van der Waals surface area (Å²) < 4.78 is 0. The maximum Gasteiger partial charge on any atom is 0.258 e. The fraction of sp³-hybridized carbons (Fsp3) is 0.0870. The molecule has 138 valence electrons. The van der Waals surface area contributed by atoms with Crippen LogP contribution in [0.3, 0.4) is 0 Å². The number of nitrogens with one attached hydrogen (secondary N) is 1. The Labute approximate surface area is 162 Å². The summed E-state index contributed by atoms with van der Waals surface area (Å²) in [5.74, 6) is 0.293. The minimum absolute atomic E-state index is 0.163. The number of amides is 1. The van der Waals surface area contributed by atoms with Gasteiger partial charge in [-0.3, -0.25) is 9.59 Å². The fourth-order valence-corrected chi connectivity index (χ4v) is 3.20. The number of H-pyrrole nitrogens is 1. The van der Waals surface area contributed by atoms with Crippen molar-refractivity contribution >= 4 is 33.7 Å². The predicted octanol–water partition coefficient (Wildman–Crippen LogP) is 3.75. The van der Waals surface area contributed by atoms with Crippen LogP contribution in [-0.4, -0.2) is 27.8 Å². The molecule has 1 heterocycles. The van der Waals surface area contributed by atoms with E-state index >= 15 is 0 Å². The number of para-hydroxylation sites is 1. The van der Waals surface area contributed by atoms with Crippen LogP contribution in [0.25, 0.3) is 27.8 Å². The molecule has 0 atom stereocenters. The Balaban J connectivity index is 1.54. The monoisotopic (exact) mass is 369 g/mol. The smallest absolute Gasteiger partial charge is 0.258 e. The Bertz CT molecular complexity index is 1250. The van der Waals surface area contributed by atoms with E-state index in [4.69, 9.17) is 0 Å². The Morgan fingerprint density at radius 2 is 1.71 bits per heavy atom. The zero-order chi connectivity index (χ0) is 19.5. The predicted molar refractivity (Wildman–Crippen MR) is 112 cm³/mol. The van der Waals surface area contributed by atoms with Crippen LogP contribution in [0.2, 0.25) is 0 Å². The van der Waals surface area contributed by atoms with Crippen molar-refractivity contribution < 1.29 is 4.79 Å². The highest BCUT2D eigenvalue weighted by atomic mass is 16.2. The van der Waals surface area contributed by atoms with Gasteiger partial charge >= 0.3 is 0 Å². The lowest BCUT2D eigenvalue weighted by Crippen LogP contribution is -2.26. The Morgan fingerprint density at radius 3 is 2.57 bits per heavy atom. The normalized spacial score (nSPS) is 11.3. The average Bonchev–Trinajstić information content (AvgIpc) is 2.72. The zero-order valence-corrected chi connectivity index (χ0v) is 15.4. The first-order chi connectivity index (χ1) is 13.6. The number of rotatable bonds is 4. The molecule has 5 nitrogen and oxygen atoms in total.